The van der Waals surface area contributed by atoms with Crippen LogP contribution in [0.1, 0.15) is 39.0 Å². The van der Waals surface area contributed by atoms with Crippen LogP contribution in [0.5, 0.6) is 0 Å². The summed E-state index contributed by atoms with van der Waals surface area (Å²) in [5.41, 5.74) is 3.20. The van der Waals surface area contributed by atoms with Crippen molar-refractivity contribution in [2.75, 3.05) is 5.32 Å². The van der Waals surface area contributed by atoms with Gasteiger partial charge in [-0.2, -0.15) is 0 Å². The third kappa shape index (κ3) is 3.29. The van der Waals surface area contributed by atoms with Crippen LogP contribution in [0, 0.1) is 18.8 Å². The van der Waals surface area contributed by atoms with Gasteiger partial charge in [-0.05, 0) is 43.2 Å². The topological polar surface area (TPSA) is 38.1 Å². The van der Waals surface area contributed by atoms with E-state index in [9.17, 15) is 0 Å². The maximum Gasteiger partial charge on any atom is 0.191 e. The molecule has 3 heteroatoms. The van der Waals surface area contributed by atoms with Gasteiger partial charge in [0.05, 0.1) is 0 Å². The van der Waals surface area contributed by atoms with Gasteiger partial charge in [-0.1, -0.05) is 26.0 Å². The van der Waals surface area contributed by atoms with Gasteiger partial charge < -0.3 is 9.73 Å². The molecule has 2 aromatic rings. The summed E-state index contributed by atoms with van der Waals surface area (Å²) in [5, 5.41) is 3.67. The number of oxazole rings is 1. The smallest absolute Gasteiger partial charge is 0.191 e. The highest BCUT2D eigenvalue weighted by atomic mass is 16.3. The number of hydrogen-bond donors (Lipinski definition) is 1. The summed E-state index contributed by atoms with van der Waals surface area (Å²) in [4.78, 5) is 4.36. The molecule has 0 saturated heterocycles. The van der Waals surface area contributed by atoms with Gasteiger partial charge in [-0.25, -0.2) is 4.98 Å². The predicted octanol–water partition coefficient (Wildman–Crippen LogP) is 4.89. The normalized spacial score (nSPS) is 25.8. The molecular weight excluding hydrogens is 260 g/mol. The Balaban J connectivity index is 1.65. The molecule has 0 bridgehead atoms. The number of rotatable bonds is 3. The molecule has 1 saturated carbocycles. The molecular formula is C18H24N2O. The molecule has 1 aromatic heterocycles. The first kappa shape index (κ1) is 14.2. The monoisotopic (exact) mass is 284 g/mol. The van der Waals surface area contributed by atoms with Crippen molar-refractivity contribution in [3.63, 3.8) is 0 Å². The molecule has 1 aliphatic carbocycles. The van der Waals surface area contributed by atoms with E-state index in [0.29, 0.717) is 11.9 Å². The van der Waals surface area contributed by atoms with E-state index in [0.717, 1.165) is 23.1 Å². The average molecular weight is 284 g/mol. The number of aromatic nitrogens is 1. The van der Waals surface area contributed by atoms with E-state index >= 15 is 0 Å². The standard InChI is InChI=1S/C18H24N2O/c1-12-4-7-17(10-13(12)2)20-16-8-5-15(6-9-16)18-11-21-14(3)19-18/h5-6,8-9,11-13,17,20H,4,7,10H2,1-3H3. The number of nitrogens with zero attached hydrogens (tertiary/aromatic N) is 1. The summed E-state index contributed by atoms with van der Waals surface area (Å²) in [5.74, 6) is 2.38. The Labute approximate surface area is 126 Å². The van der Waals surface area contributed by atoms with Crippen LogP contribution in [0.25, 0.3) is 11.3 Å². The Hall–Kier alpha value is -1.77. The summed E-state index contributed by atoms with van der Waals surface area (Å²) >= 11 is 0. The van der Waals surface area contributed by atoms with E-state index in [-0.39, 0.29) is 0 Å². The van der Waals surface area contributed by atoms with Crippen LogP contribution in [0.15, 0.2) is 34.9 Å². The van der Waals surface area contributed by atoms with Gasteiger partial charge in [-0.15, -0.1) is 0 Å². The molecule has 3 unspecified atom stereocenters. The average Bonchev–Trinajstić information content (AvgIpc) is 2.90. The van der Waals surface area contributed by atoms with Crippen molar-refractivity contribution in [2.45, 2.75) is 46.1 Å². The van der Waals surface area contributed by atoms with Crippen molar-refractivity contribution >= 4 is 5.69 Å². The number of hydrogen-bond acceptors (Lipinski definition) is 3. The summed E-state index contributed by atoms with van der Waals surface area (Å²) in [7, 11) is 0. The van der Waals surface area contributed by atoms with Gasteiger partial charge in [0.15, 0.2) is 5.89 Å². The number of anilines is 1. The van der Waals surface area contributed by atoms with Crippen molar-refractivity contribution in [3.8, 4) is 11.3 Å². The van der Waals surface area contributed by atoms with Gasteiger partial charge in [0.1, 0.15) is 12.0 Å². The molecule has 0 amide bonds. The van der Waals surface area contributed by atoms with Crippen molar-refractivity contribution in [2.24, 2.45) is 11.8 Å². The van der Waals surface area contributed by atoms with E-state index in [2.05, 4.69) is 48.4 Å². The molecule has 112 valence electrons. The lowest BCUT2D eigenvalue weighted by Crippen LogP contribution is -2.30. The van der Waals surface area contributed by atoms with E-state index in [1.165, 1.54) is 24.9 Å². The van der Waals surface area contributed by atoms with Crippen LogP contribution < -0.4 is 5.32 Å². The Morgan fingerprint density at radius 2 is 1.86 bits per heavy atom. The fourth-order valence-electron chi connectivity index (χ4n) is 3.15. The van der Waals surface area contributed by atoms with Gasteiger partial charge in [0.2, 0.25) is 0 Å². The molecule has 1 N–H and O–H groups in total. The van der Waals surface area contributed by atoms with E-state index in [4.69, 9.17) is 4.42 Å². The lowest BCUT2D eigenvalue weighted by molar-refractivity contribution is 0.261. The van der Waals surface area contributed by atoms with E-state index < -0.39 is 0 Å². The highest BCUT2D eigenvalue weighted by Crippen LogP contribution is 2.31. The van der Waals surface area contributed by atoms with Crippen LogP contribution in [-0.2, 0) is 0 Å². The summed E-state index contributed by atoms with van der Waals surface area (Å²) in [6, 6.07) is 9.10. The SMILES string of the molecule is Cc1nc(-c2ccc(NC3CCC(C)C(C)C3)cc2)co1. The molecule has 0 spiro atoms. The van der Waals surface area contributed by atoms with Crippen LogP contribution in [0.4, 0.5) is 5.69 Å². The van der Waals surface area contributed by atoms with Crippen molar-refractivity contribution < 1.29 is 4.42 Å². The Kier molecular flexibility index (Phi) is 4.00. The largest absolute Gasteiger partial charge is 0.449 e. The van der Waals surface area contributed by atoms with Gasteiger partial charge in [0.25, 0.3) is 0 Å². The van der Waals surface area contributed by atoms with Crippen LogP contribution in [0.3, 0.4) is 0 Å². The fourth-order valence-corrected chi connectivity index (χ4v) is 3.15. The van der Waals surface area contributed by atoms with Crippen molar-refractivity contribution in [1.29, 1.82) is 0 Å². The highest BCUT2D eigenvalue weighted by molar-refractivity contribution is 5.62. The lowest BCUT2D eigenvalue weighted by atomic mass is 9.79. The van der Waals surface area contributed by atoms with Crippen LogP contribution >= 0.6 is 0 Å². The molecule has 1 aromatic carbocycles. The Morgan fingerprint density at radius 3 is 2.48 bits per heavy atom. The first-order valence-corrected chi connectivity index (χ1v) is 7.91. The minimum Gasteiger partial charge on any atom is -0.449 e. The van der Waals surface area contributed by atoms with Gasteiger partial charge >= 0.3 is 0 Å². The maximum absolute atomic E-state index is 5.27. The minimum absolute atomic E-state index is 0.608. The molecule has 3 atom stereocenters. The quantitative estimate of drug-likeness (QED) is 0.872. The Morgan fingerprint density at radius 1 is 1.10 bits per heavy atom. The minimum atomic E-state index is 0.608. The van der Waals surface area contributed by atoms with Crippen molar-refractivity contribution in [3.05, 3.63) is 36.4 Å². The number of nitrogens with one attached hydrogen (secondary N) is 1. The molecule has 0 radical (unpaired) electrons. The van der Waals surface area contributed by atoms with Crippen molar-refractivity contribution in [1.82, 2.24) is 4.98 Å². The van der Waals surface area contributed by atoms with E-state index in [1.54, 1.807) is 6.26 Å². The zero-order valence-electron chi connectivity index (χ0n) is 13.1. The zero-order valence-corrected chi connectivity index (χ0v) is 13.1. The second kappa shape index (κ2) is 5.92. The zero-order chi connectivity index (χ0) is 14.8. The molecule has 1 heterocycles. The second-order valence-corrected chi connectivity index (χ2v) is 6.44. The maximum atomic E-state index is 5.27. The number of aryl methyl sites for hydroxylation is 1. The molecule has 1 aliphatic rings. The third-order valence-electron chi connectivity index (χ3n) is 4.77. The van der Waals surface area contributed by atoms with Crippen LogP contribution in [0.2, 0.25) is 0 Å². The molecule has 21 heavy (non-hydrogen) atoms. The molecule has 0 aliphatic heterocycles. The summed E-state index contributed by atoms with van der Waals surface area (Å²) in [6.45, 7) is 6.61. The third-order valence-corrected chi connectivity index (χ3v) is 4.77. The first-order valence-electron chi connectivity index (χ1n) is 7.91. The highest BCUT2D eigenvalue weighted by Gasteiger charge is 2.24. The first-order chi connectivity index (χ1) is 10.1. The second-order valence-electron chi connectivity index (χ2n) is 6.44. The fraction of sp³-hybridized carbons (Fsp3) is 0.500. The van der Waals surface area contributed by atoms with Gasteiger partial charge in [0, 0.05) is 24.2 Å². The molecule has 3 nitrogen and oxygen atoms in total. The van der Waals surface area contributed by atoms with E-state index in [1.807, 2.05) is 6.92 Å². The summed E-state index contributed by atoms with van der Waals surface area (Å²) < 4.78 is 5.27. The molecule has 3 rings (SSSR count). The Bertz CT molecular complexity index is 588. The lowest BCUT2D eigenvalue weighted by Gasteiger charge is -2.33. The number of benzene rings is 1. The van der Waals surface area contributed by atoms with Crippen LogP contribution in [-0.4, -0.2) is 11.0 Å². The predicted molar refractivity (Wildman–Crippen MR) is 86.3 cm³/mol. The molecule has 1 fully saturated rings. The summed E-state index contributed by atoms with van der Waals surface area (Å²) in [6.07, 6.45) is 5.58. The van der Waals surface area contributed by atoms with Gasteiger partial charge in [-0.3, -0.25) is 0 Å².